The lowest BCUT2D eigenvalue weighted by molar-refractivity contribution is -0.118. The van der Waals surface area contributed by atoms with Gasteiger partial charge in [-0.3, -0.25) is 0 Å². The smallest absolute Gasteiger partial charge is 0.186 e. The van der Waals surface area contributed by atoms with Gasteiger partial charge in [-0.25, -0.2) is 0 Å². The molecule has 1 aliphatic carbocycles. The minimum atomic E-state index is -1.77. The SMILES string of the molecule is CCCC1=C(O)C=CC(O)(O)C1. The van der Waals surface area contributed by atoms with Crippen LogP contribution in [0.25, 0.3) is 0 Å². The van der Waals surface area contributed by atoms with E-state index in [2.05, 4.69) is 0 Å². The fraction of sp³-hybridized carbons (Fsp3) is 0.556. The Morgan fingerprint density at radius 3 is 2.75 bits per heavy atom. The zero-order chi connectivity index (χ0) is 9.19. The Bertz CT molecular complexity index is 226. The predicted octanol–water partition coefficient (Wildman–Crippen LogP) is 1.24. The zero-order valence-electron chi connectivity index (χ0n) is 7.12. The van der Waals surface area contributed by atoms with E-state index >= 15 is 0 Å². The lowest BCUT2D eigenvalue weighted by Gasteiger charge is -2.23. The summed E-state index contributed by atoms with van der Waals surface area (Å²) >= 11 is 0. The van der Waals surface area contributed by atoms with Crippen LogP contribution in [0.1, 0.15) is 26.2 Å². The van der Waals surface area contributed by atoms with Crippen molar-refractivity contribution >= 4 is 0 Å². The molecule has 0 saturated carbocycles. The standard InChI is InChI=1S/C9H14O3/c1-2-3-7-6-9(11,12)5-4-8(7)10/h4-5,10-12H,2-3,6H2,1H3. The fourth-order valence-electron chi connectivity index (χ4n) is 1.31. The van der Waals surface area contributed by atoms with Gasteiger partial charge in [0, 0.05) is 6.42 Å². The molecule has 0 spiro atoms. The van der Waals surface area contributed by atoms with Gasteiger partial charge in [0.05, 0.1) is 0 Å². The molecule has 0 aromatic rings. The third kappa shape index (κ3) is 2.09. The molecule has 0 atom stereocenters. The molecule has 0 aliphatic heterocycles. The van der Waals surface area contributed by atoms with E-state index in [9.17, 15) is 15.3 Å². The minimum absolute atomic E-state index is 0.114. The maximum absolute atomic E-state index is 9.30. The molecule has 0 aromatic carbocycles. The Kier molecular flexibility index (Phi) is 2.55. The molecule has 0 fully saturated rings. The molecule has 0 bridgehead atoms. The van der Waals surface area contributed by atoms with Gasteiger partial charge in [-0.05, 0) is 24.1 Å². The first-order chi connectivity index (χ1) is 5.55. The summed E-state index contributed by atoms with van der Waals surface area (Å²) in [6.07, 6.45) is 4.25. The topological polar surface area (TPSA) is 60.7 Å². The lowest BCUT2D eigenvalue weighted by atomic mass is 9.95. The molecule has 0 unspecified atom stereocenters. The van der Waals surface area contributed by atoms with E-state index in [0.29, 0.717) is 12.0 Å². The summed E-state index contributed by atoms with van der Waals surface area (Å²) < 4.78 is 0. The number of allylic oxidation sites excluding steroid dienone is 1. The van der Waals surface area contributed by atoms with Gasteiger partial charge >= 0.3 is 0 Å². The average molecular weight is 170 g/mol. The van der Waals surface area contributed by atoms with E-state index in [1.807, 2.05) is 6.92 Å². The van der Waals surface area contributed by atoms with E-state index in [4.69, 9.17) is 0 Å². The van der Waals surface area contributed by atoms with Crippen LogP contribution in [-0.4, -0.2) is 21.1 Å². The highest BCUT2D eigenvalue weighted by Crippen LogP contribution is 2.26. The maximum Gasteiger partial charge on any atom is 0.186 e. The van der Waals surface area contributed by atoms with Gasteiger partial charge in [-0.1, -0.05) is 13.3 Å². The quantitative estimate of drug-likeness (QED) is 0.546. The van der Waals surface area contributed by atoms with E-state index in [-0.39, 0.29) is 12.2 Å². The van der Waals surface area contributed by atoms with E-state index in [1.54, 1.807) is 0 Å². The number of aliphatic hydroxyl groups is 3. The highest BCUT2D eigenvalue weighted by molar-refractivity contribution is 5.27. The maximum atomic E-state index is 9.30. The highest BCUT2D eigenvalue weighted by atomic mass is 16.5. The Balaban J connectivity index is 2.76. The Hall–Kier alpha value is -0.800. The third-order valence-corrected chi connectivity index (χ3v) is 1.90. The van der Waals surface area contributed by atoms with Gasteiger partial charge in [0.1, 0.15) is 5.76 Å². The van der Waals surface area contributed by atoms with Crippen molar-refractivity contribution in [3.05, 3.63) is 23.5 Å². The van der Waals surface area contributed by atoms with E-state index in [1.165, 1.54) is 12.2 Å². The van der Waals surface area contributed by atoms with Crippen LogP contribution in [0, 0.1) is 0 Å². The summed E-state index contributed by atoms with van der Waals surface area (Å²) in [5.74, 6) is -1.59. The molecular weight excluding hydrogens is 156 g/mol. The summed E-state index contributed by atoms with van der Waals surface area (Å²) in [7, 11) is 0. The summed E-state index contributed by atoms with van der Waals surface area (Å²) in [4.78, 5) is 0. The largest absolute Gasteiger partial charge is 0.508 e. The van der Waals surface area contributed by atoms with Gasteiger partial charge in [-0.15, -0.1) is 0 Å². The summed E-state index contributed by atoms with van der Waals surface area (Å²) in [5, 5.41) is 27.7. The molecule has 1 rings (SSSR count). The molecule has 0 radical (unpaired) electrons. The van der Waals surface area contributed by atoms with Gasteiger partial charge in [-0.2, -0.15) is 0 Å². The summed E-state index contributed by atoms with van der Waals surface area (Å²) in [6.45, 7) is 1.98. The third-order valence-electron chi connectivity index (χ3n) is 1.90. The van der Waals surface area contributed by atoms with Crippen molar-refractivity contribution in [2.24, 2.45) is 0 Å². The predicted molar refractivity (Wildman–Crippen MR) is 45.5 cm³/mol. The second-order valence-corrected chi connectivity index (χ2v) is 3.13. The van der Waals surface area contributed by atoms with Crippen LogP contribution >= 0.6 is 0 Å². The highest BCUT2D eigenvalue weighted by Gasteiger charge is 2.25. The summed E-state index contributed by atoms with van der Waals surface area (Å²) in [6, 6.07) is 0. The minimum Gasteiger partial charge on any atom is -0.508 e. The molecule has 3 nitrogen and oxygen atoms in total. The number of hydrogen-bond acceptors (Lipinski definition) is 3. The van der Waals surface area contributed by atoms with Crippen LogP contribution in [-0.2, 0) is 0 Å². The average Bonchev–Trinajstić information content (AvgIpc) is 1.97. The van der Waals surface area contributed by atoms with Crippen LogP contribution in [0.2, 0.25) is 0 Å². The first-order valence-electron chi connectivity index (χ1n) is 4.10. The van der Waals surface area contributed by atoms with Crippen LogP contribution in [0.3, 0.4) is 0 Å². The molecule has 0 saturated heterocycles. The van der Waals surface area contributed by atoms with Crippen LogP contribution in [0.15, 0.2) is 23.5 Å². The number of rotatable bonds is 2. The molecule has 12 heavy (non-hydrogen) atoms. The van der Waals surface area contributed by atoms with Crippen molar-refractivity contribution in [1.82, 2.24) is 0 Å². The Morgan fingerprint density at radius 1 is 1.50 bits per heavy atom. The number of hydrogen-bond donors (Lipinski definition) is 3. The van der Waals surface area contributed by atoms with Crippen LogP contribution in [0.4, 0.5) is 0 Å². The molecule has 0 heterocycles. The van der Waals surface area contributed by atoms with Crippen molar-refractivity contribution in [2.45, 2.75) is 32.0 Å². The molecule has 0 amide bonds. The number of aliphatic hydroxyl groups excluding tert-OH is 1. The van der Waals surface area contributed by atoms with Crippen LogP contribution in [0.5, 0.6) is 0 Å². The normalized spacial score (nSPS) is 21.6. The lowest BCUT2D eigenvalue weighted by Crippen LogP contribution is -2.28. The molecule has 0 aromatic heterocycles. The van der Waals surface area contributed by atoms with Gasteiger partial charge in [0.25, 0.3) is 0 Å². The summed E-state index contributed by atoms with van der Waals surface area (Å²) in [5.41, 5.74) is 0.713. The van der Waals surface area contributed by atoms with Crippen molar-refractivity contribution in [2.75, 3.05) is 0 Å². The fourth-order valence-corrected chi connectivity index (χ4v) is 1.31. The Labute approximate surface area is 71.7 Å². The van der Waals surface area contributed by atoms with Crippen molar-refractivity contribution in [1.29, 1.82) is 0 Å². The van der Waals surface area contributed by atoms with Gasteiger partial charge < -0.3 is 15.3 Å². The van der Waals surface area contributed by atoms with Gasteiger partial charge in [0.2, 0.25) is 0 Å². The van der Waals surface area contributed by atoms with E-state index < -0.39 is 5.79 Å². The second-order valence-electron chi connectivity index (χ2n) is 3.13. The van der Waals surface area contributed by atoms with Crippen LogP contribution < -0.4 is 0 Å². The second kappa shape index (κ2) is 3.29. The zero-order valence-corrected chi connectivity index (χ0v) is 7.12. The van der Waals surface area contributed by atoms with Crippen molar-refractivity contribution in [3.63, 3.8) is 0 Å². The molecule has 1 aliphatic rings. The van der Waals surface area contributed by atoms with Gasteiger partial charge in [0.15, 0.2) is 5.79 Å². The Morgan fingerprint density at radius 2 is 2.17 bits per heavy atom. The van der Waals surface area contributed by atoms with E-state index in [0.717, 1.165) is 6.42 Å². The van der Waals surface area contributed by atoms with Crippen molar-refractivity contribution in [3.8, 4) is 0 Å². The molecule has 3 heteroatoms. The monoisotopic (exact) mass is 170 g/mol. The molecule has 68 valence electrons. The molecule has 3 N–H and O–H groups in total. The first kappa shape index (κ1) is 9.29. The molecular formula is C9H14O3. The van der Waals surface area contributed by atoms with Crippen molar-refractivity contribution < 1.29 is 15.3 Å². The first-order valence-corrected chi connectivity index (χ1v) is 4.10.